The van der Waals surface area contributed by atoms with Gasteiger partial charge in [0.2, 0.25) is 0 Å². The molecule has 0 amide bonds. The molecule has 2 aliphatic carbocycles. The summed E-state index contributed by atoms with van der Waals surface area (Å²) in [7, 11) is 0. The van der Waals surface area contributed by atoms with E-state index in [4.69, 9.17) is 0 Å². The molecule has 0 saturated carbocycles. The predicted molar refractivity (Wildman–Crippen MR) is 89.7 cm³/mol. The normalized spacial score (nSPS) is 23.6. The minimum atomic E-state index is 0.432. The quantitative estimate of drug-likeness (QED) is 0.427. The number of hydrogen-bond donors (Lipinski definition) is 0. The Bertz CT molecular complexity index is 696. The fraction of sp³-hybridized carbons (Fsp3) is 0.474. The van der Waals surface area contributed by atoms with Crippen molar-refractivity contribution in [2.45, 2.75) is 50.8 Å². The van der Waals surface area contributed by atoms with Crippen LogP contribution in [0.2, 0.25) is 0 Å². The Morgan fingerprint density at radius 2 is 1.90 bits per heavy atom. The number of benzene rings is 2. The Hall–Kier alpha value is -0.820. The van der Waals surface area contributed by atoms with E-state index in [-0.39, 0.29) is 0 Å². The largest absolute Gasteiger partial charge is 0.0838 e. The first-order valence-electron chi connectivity index (χ1n) is 7.75. The van der Waals surface area contributed by atoms with Gasteiger partial charge in [-0.25, -0.2) is 0 Å². The highest BCUT2D eigenvalue weighted by Crippen LogP contribution is 2.47. The van der Waals surface area contributed by atoms with Crippen molar-refractivity contribution in [3.05, 3.63) is 46.5 Å². The number of fused-ring (bicyclic) bond motifs is 2. The van der Waals surface area contributed by atoms with E-state index in [0.29, 0.717) is 10.2 Å². The van der Waals surface area contributed by atoms with E-state index in [9.17, 15) is 0 Å². The first-order valence-corrected chi connectivity index (χ1v) is 8.67. The molecule has 104 valence electrons. The van der Waals surface area contributed by atoms with Crippen molar-refractivity contribution in [1.29, 1.82) is 0 Å². The van der Waals surface area contributed by atoms with Gasteiger partial charge in [0, 0.05) is 4.83 Å². The Labute approximate surface area is 129 Å². The number of hydrogen-bond acceptors (Lipinski definition) is 0. The lowest BCUT2D eigenvalue weighted by Crippen LogP contribution is -2.11. The first-order chi connectivity index (χ1) is 9.55. The van der Waals surface area contributed by atoms with Gasteiger partial charge < -0.3 is 0 Å². The molecule has 0 N–H and O–H groups in total. The van der Waals surface area contributed by atoms with Crippen molar-refractivity contribution in [1.82, 2.24) is 0 Å². The zero-order valence-electron chi connectivity index (χ0n) is 12.3. The molecule has 1 atom stereocenters. The topological polar surface area (TPSA) is 0 Å². The highest BCUT2D eigenvalue weighted by Gasteiger charge is 2.30. The second kappa shape index (κ2) is 4.34. The van der Waals surface area contributed by atoms with Gasteiger partial charge in [-0.15, -0.1) is 0 Å². The summed E-state index contributed by atoms with van der Waals surface area (Å²) in [5, 5.41) is 3.11. The molecule has 20 heavy (non-hydrogen) atoms. The zero-order chi connectivity index (χ0) is 13.9. The molecule has 0 saturated heterocycles. The van der Waals surface area contributed by atoms with Gasteiger partial charge in [0.05, 0.1) is 0 Å². The Balaban J connectivity index is 2.00. The molecule has 2 aromatic carbocycles. The van der Waals surface area contributed by atoms with Crippen molar-refractivity contribution in [2.24, 2.45) is 5.41 Å². The van der Waals surface area contributed by atoms with Crippen molar-refractivity contribution in [3.63, 3.8) is 0 Å². The highest BCUT2D eigenvalue weighted by atomic mass is 79.9. The second-order valence-electron chi connectivity index (χ2n) is 7.28. The van der Waals surface area contributed by atoms with Crippen LogP contribution in [-0.2, 0) is 19.3 Å². The van der Waals surface area contributed by atoms with E-state index in [1.165, 1.54) is 37.5 Å². The molecule has 2 aromatic rings. The third-order valence-corrected chi connectivity index (χ3v) is 6.08. The van der Waals surface area contributed by atoms with Crippen LogP contribution in [0.3, 0.4) is 0 Å². The van der Waals surface area contributed by atoms with Crippen LogP contribution in [0, 0.1) is 5.41 Å². The number of aryl methyl sites for hydroxylation is 3. The lowest BCUT2D eigenvalue weighted by atomic mass is 9.84. The predicted octanol–water partition coefficient (Wildman–Crippen LogP) is 5.74. The standard InChI is InChI=1S/C19H21Br/c1-19(2)9-8-14-15-5-3-4-12-6-7-13(18(12)15)10-16(14)17(20)11-19/h3-5,10,17H,6-9,11H2,1-2H3. The summed E-state index contributed by atoms with van der Waals surface area (Å²) < 4.78 is 0. The molecule has 2 aliphatic rings. The van der Waals surface area contributed by atoms with Crippen LogP contribution in [0.25, 0.3) is 10.8 Å². The van der Waals surface area contributed by atoms with Crippen LogP contribution < -0.4 is 0 Å². The Kier molecular flexibility index (Phi) is 2.79. The van der Waals surface area contributed by atoms with Crippen molar-refractivity contribution in [2.75, 3.05) is 0 Å². The zero-order valence-corrected chi connectivity index (χ0v) is 13.9. The monoisotopic (exact) mass is 328 g/mol. The molecule has 0 aliphatic heterocycles. The van der Waals surface area contributed by atoms with Gasteiger partial charge in [-0.3, -0.25) is 0 Å². The minimum Gasteiger partial charge on any atom is -0.0838 e. The fourth-order valence-corrected chi connectivity index (χ4v) is 5.41. The van der Waals surface area contributed by atoms with Gasteiger partial charge in [0.15, 0.2) is 0 Å². The molecule has 0 aromatic heterocycles. The number of halogens is 1. The highest BCUT2D eigenvalue weighted by molar-refractivity contribution is 9.09. The summed E-state index contributed by atoms with van der Waals surface area (Å²) in [4.78, 5) is 0.514. The average Bonchev–Trinajstić information content (AvgIpc) is 2.76. The lowest BCUT2D eigenvalue weighted by molar-refractivity contribution is 0.316. The van der Waals surface area contributed by atoms with Crippen molar-refractivity contribution in [3.8, 4) is 0 Å². The second-order valence-corrected chi connectivity index (χ2v) is 8.38. The Morgan fingerprint density at radius 1 is 1.10 bits per heavy atom. The van der Waals surface area contributed by atoms with E-state index in [1.54, 1.807) is 27.6 Å². The SMILES string of the molecule is CC1(C)CCc2c(cc3c4c(cccc24)CC3)C(Br)C1. The Morgan fingerprint density at radius 3 is 2.75 bits per heavy atom. The van der Waals surface area contributed by atoms with Gasteiger partial charge in [-0.1, -0.05) is 54.0 Å². The van der Waals surface area contributed by atoms with Gasteiger partial charge in [-0.05, 0) is 70.5 Å². The molecule has 0 nitrogen and oxygen atoms in total. The molecule has 0 bridgehead atoms. The smallest absolute Gasteiger partial charge is 0.0403 e. The van der Waals surface area contributed by atoms with E-state index < -0.39 is 0 Å². The molecule has 0 heterocycles. The van der Waals surface area contributed by atoms with Crippen molar-refractivity contribution < 1.29 is 0 Å². The average molecular weight is 329 g/mol. The summed E-state index contributed by atoms with van der Waals surface area (Å²) in [6.45, 7) is 4.82. The summed E-state index contributed by atoms with van der Waals surface area (Å²) in [5.41, 5.74) is 6.76. The molecule has 4 rings (SSSR count). The van der Waals surface area contributed by atoms with Crippen LogP contribution >= 0.6 is 15.9 Å². The van der Waals surface area contributed by atoms with Gasteiger partial charge in [0.1, 0.15) is 0 Å². The third-order valence-electron chi connectivity index (χ3n) is 5.26. The van der Waals surface area contributed by atoms with E-state index in [1.807, 2.05) is 0 Å². The van der Waals surface area contributed by atoms with E-state index in [0.717, 1.165) is 0 Å². The van der Waals surface area contributed by atoms with Crippen LogP contribution in [0.15, 0.2) is 24.3 Å². The van der Waals surface area contributed by atoms with Crippen LogP contribution in [0.5, 0.6) is 0 Å². The molecule has 0 radical (unpaired) electrons. The summed E-state index contributed by atoms with van der Waals surface area (Å²) in [6.07, 6.45) is 6.22. The molecular formula is C19H21Br. The summed E-state index contributed by atoms with van der Waals surface area (Å²) >= 11 is 3.98. The van der Waals surface area contributed by atoms with Crippen LogP contribution in [0.4, 0.5) is 0 Å². The molecule has 0 fully saturated rings. The molecule has 1 heteroatoms. The maximum absolute atomic E-state index is 3.98. The van der Waals surface area contributed by atoms with Crippen LogP contribution in [-0.4, -0.2) is 0 Å². The van der Waals surface area contributed by atoms with Gasteiger partial charge in [-0.2, -0.15) is 0 Å². The van der Waals surface area contributed by atoms with Crippen LogP contribution in [0.1, 0.15) is 53.8 Å². The minimum absolute atomic E-state index is 0.432. The summed E-state index contributed by atoms with van der Waals surface area (Å²) in [5.74, 6) is 0. The summed E-state index contributed by atoms with van der Waals surface area (Å²) in [6, 6.07) is 9.43. The van der Waals surface area contributed by atoms with E-state index in [2.05, 4.69) is 54.0 Å². The fourth-order valence-electron chi connectivity index (χ4n) is 4.13. The molecule has 1 unspecified atom stereocenters. The number of alkyl halides is 1. The third kappa shape index (κ3) is 1.86. The van der Waals surface area contributed by atoms with Crippen molar-refractivity contribution >= 4 is 26.7 Å². The lowest BCUT2D eigenvalue weighted by Gasteiger charge is -2.24. The maximum Gasteiger partial charge on any atom is 0.0403 e. The first kappa shape index (κ1) is 12.9. The van der Waals surface area contributed by atoms with Gasteiger partial charge in [0.25, 0.3) is 0 Å². The molecule has 0 spiro atoms. The van der Waals surface area contributed by atoms with Gasteiger partial charge >= 0.3 is 0 Å². The molecular weight excluding hydrogens is 308 g/mol. The maximum atomic E-state index is 3.98. The number of rotatable bonds is 0. The van der Waals surface area contributed by atoms with E-state index >= 15 is 0 Å².